The molecule has 1 aromatic rings. The van der Waals surface area contributed by atoms with Crippen LogP contribution in [0, 0.1) is 0 Å². The van der Waals surface area contributed by atoms with Gasteiger partial charge in [-0.25, -0.2) is 0 Å². The van der Waals surface area contributed by atoms with E-state index in [0.717, 1.165) is 44.0 Å². The Labute approximate surface area is 127 Å². The van der Waals surface area contributed by atoms with Gasteiger partial charge < -0.3 is 15.3 Å². The van der Waals surface area contributed by atoms with Crippen molar-refractivity contribution in [3.05, 3.63) is 34.9 Å². The smallest absolute Gasteiger partial charge is 0.0443 e. The fourth-order valence-electron chi connectivity index (χ4n) is 2.36. The first-order valence-electron chi connectivity index (χ1n) is 7.53. The third-order valence-electron chi connectivity index (χ3n) is 3.54. The van der Waals surface area contributed by atoms with Gasteiger partial charge in [-0.15, -0.1) is 0 Å². The Morgan fingerprint density at radius 2 is 1.90 bits per heavy atom. The molecule has 0 fully saturated rings. The van der Waals surface area contributed by atoms with Gasteiger partial charge in [-0.05, 0) is 50.2 Å². The van der Waals surface area contributed by atoms with Crippen molar-refractivity contribution in [2.45, 2.75) is 32.7 Å². The molecule has 3 nitrogen and oxygen atoms in total. The van der Waals surface area contributed by atoms with Crippen molar-refractivity contribution >= 4 is 11.6 Å². The van der Waals surface area contributed by atoms with E-state index in [4.69, 9.17) is 16.7 Å². The molecular formula is C16H27ClN2O. The average Bonchev–Trinajstić information content (AvgIpc) is 2.47. The van der Waals surface area contributed by atoms with Crippen LogP contribution < -0.4 is 5.32 Å². The van der Waals surface area contributed by atoms with E-state index in [1.165, 1.54) is 5.56 Å². The van der Waals surface area contributed by atoms with Crippen LogP contribution in [0.5, 0.6) is 0 Å². The van der Waals surface area contributed by atoms with Gasteiger partial charge in [0.2, 0.25) is 0 Å². The summed E-state index contributed by atoms with van der Waals surface area (Å²) in [6.45, 7) is 8.55. The maximum Gasteiger partial charge on any atom is 0.0443 e. The lowest BCUT2D eigenvalue weighted by molar-refractivity contribution is 0.223. The highest BCUT2D eigenvalue weighted by Crippen LogP contribution is 2.19. The molecule has 0 aliphatic heterocycles. The minimum atomic E-state index is 0.268. The van der Waals surface area contributed by atoms with E-state index < -0.39 is 0 Å². The third kappa shape index (κ3) is 6.23. The van der Waals surface area contributed by atoms with Gasteiger partial charge in [0.05, 0.1) is 0 Å². The summed E-state index contributed by atoms with van der Waals surface area (Å²) >= 11 is 5.95. The second-order valence-corrected chi connectivity index (χ2v) is 5.40. The Morgan fingerprint density at radius 1 is 1.20 bits per heavy atom. The molecule has 0 saturated heterocycles. The Bertz CT molecular complexity index is 356. The molecule has 0 spiro atoms. The number of benzene rings is 1. The monoisotopic (exact) mass is 298 g/mol. The fraction of sp³-hybridized carbons (Fsp3) is 0.625. The van der Waals surface area contributed by atoms with E-state index in [2.05, 4.69) is 36.2 Å². The lowest BCUT2D eigenvalue weighted by atomic mass is 10.0. The van der Waals surface area contributed by atoms with Crippen molar-refractivity contribution in [1.29, 1.82) is 0 Å². The minimum Gasteiger partial charge on any atom is -0.396 e. The van der Waals surface area contributed by atoms with Gasteiger partial charge in [-0.2, -0.15) is 0 Å². The Balaban J connectivity index is 2.55. The maximum absolute atomic E-state index is 8.92. The van der Waals surface area contributed by atoms with Crippen LogP contribution in [0.15, 0.2) is 24.3 Å². The average molecular weight is 299 g/mol. The molecule has 0 saturated carbocycles. The van der Waals surface area contributed by atoms with Gasteiger partial charge in [0.15, 0.2) is 0 Å². The van der Waals surface area contributed by atoms with Crippen molar-refractivity contribution in [2.75, 3.05) is 32.8 Å². The number of nitrogens with one attached hydrogen (secondary N) is 1. The molecule has 4 heteroatoms. The molecule has 0 bridgehead atoms. The second kappa shape index (κ2) is 10.2. The van der Waals surface area contributed by atoms with Crippen LogP contribution >= 0.6 is 11.6 Å². The zero-order chi connectivity index (χ0) is 14.8. The quantitative estimate of drug-likeness (QED) is 0.697. The number of aliphatic hydroxyl groups excluding tert-OH is 1. The van der Waals surface area contributed by atoms with Crippen LogP contribution in [0.2, 0.25) is 5.02 Å². The highest BCUT2D eigenvalue weighted by Gasteiger charge is 2.12. The molecule has 0 aromatic heterocycles. The van der Waals surface area contributed by atoms with E-state index in [1.807, 2.05) is 12.1 Å². The van der Waals surface area contributed by atoms with Crippen LogP contribution in [0.3, 0.4) is 0 Å². The summed E-state index contributed by atoms with van der Waals surface area (Å²) in [4.78, 5) is 2.39. The standard InChI is InChI=1S/C16H27ClN2O/c1-3-18-16(14-6-8-15(17)9-7-14)10-12-19(4-2)11-5-13-20/h6-9,16,18,20H,3-5,10-13H2,1-2H3. The summed E-state index contributed by atoms with van der Waals surface area (Å²) in [7, 11) is 0. The summed E-state index contributed by atoms with van der Waals surface area (Å²) in [5.74, 6) is 0. The van der Waals surface area contributed by atoms with Crippen LogP contribution in [0.4, 0.5) is 0 Å². The summed E-state index contributed by atoms with van der Waals surface area (Å²) in [5, 5.41) is 13.2. The molecule has 20 heavy (non-hydrogen) atoms. The first-order valence-corrected chi connectivity index (χ1v) is 7.91. The van der Waals surface area contributed by atoms with Crippen LogP contribution in [-0.2, 0) is 0 Å². The highest BCUT2D eigenvalue weighted by atomic mass is 35.5. The highest BCUT2D eigenvalue weighted by molar-refractivity contribution is 6.30. The molecule has 0 aliphatic carbocycles. The first kappa shape index (κ1) is 17.4. The fourth-order valence-corrected chi connectivity index (χ4v) is 2.49. The Hall–Kier alpha value is -0.610. The van der Waals surface area contributed by atoms with Crippen molar-refractivity contribution in [3.8, 4) is 0 Å². The van der Waals surface area contributed by atoms with Crippen LogP contribution in [0.25, 0.3) is 0 Å². The molecule has 2 N–H and O–H groups in total. The first-order chi connectivity index (χ1) is 9.71. The number of rotatable bonds is 10. The maximum atomic E-state index is 8.92. The van der Waals surface area contributed by atoms with E-state index in [0.29, 0.717) is 6.04 Å². The second-order valence-electron chi connectivity index (χ2n) is 4.96. The molecule has 114 valence electrons. The normalized spacial score (nSPS) is 12.8. The zero-order valence-electron chi connectivity index (χ0n) is 12.6. The SMILES string of the molecule is CCNC(CCN(CC)CCCO)c1ccc(Cl)cc1. The largest absolute Gasteiger partial charge is 0.396 e. The molecule has 0 aliphatic rings. The third-order valence-corrected chi connectivity index (χ3v) is 3.79. The molecular weight excluding hydrogens is 272 g/mol. The summed E-state index contributed by atoms with van der Waals surface area (Å²) in [6.07, 6.45) is 1.91. The Kier molecular flexibility index (Phi) is 8.86. The van der Waals surface area contributed by atoms with E-state index in [9.17, 15) is 0 Å². The molecule has 0 amide bonds. The minimum absolute atomic E-state index is 0.268. The van der Waals surface area contributed by atoms with Crippen LogP contribution in [0.1, 0.15) is 38.3 Å². The topological polar surface area (TPSA) is 35.5 Å². The Morgan fingerprint density at radius 3 is 2.45 bits per heavy atom. The molecule has 1 unspecified atom stereocenters. The molecule has 0 radical (unpaired) electrons. The van der Waals surface area contributed by atoms with Crippen molar-refractivity contribution in [2.24, 2.45) is 0 Å². The van der Waals surface area contributed by atoms with E-state index >= 15 is 0 Å². The van der Waals surface area contributed by atoms with Gasteiger partial charge in [-0.3, -0.25) is 0 Å². The number of nitrogens with zero attached hydrogens (tertiary/aromatic N) is 1. The van der Waals surface area contributed by atoms with Gasteiger partial charge in [0.1, 0.15) is 0 Å². The predicted molar refractivity (Wildman–Crippen MR) is 86.3 cm³/mol. The zero-order valence-corrected chi connectivity index (χ0v) is 13.4. The van der Waals surface area contributed by atoms with Crippen molar-refractivity contribution in [1.82, 2.24) is 10.2 Å². The molecule has 1 atom stereocenters. The van der Waals surface area contributed by atoms with E-state index in [-0.39, 0.29) is 6.61 Å². The number of aliphatic hydroxyl groups is 1. The van der Waals surface area contributed by atoms with Crippen LogP contribution in [-0.4, -0.2) is 42.8 Å². The van der Waals surface area contributed by atoms with Gasteiger partial charge in [0, 0.05) is 24.2 Å². The number of halogens is 1. The van der Waals surface area contributed by atoms with Gasteiger partial charge in [0.25, 0.3) is 0 Å². The molecule has 1 aromatic carbocycles. The molecule has 1 rings (SSSR count). The summed E-state index contributed by atoms with van der Waals surface area (Å²) in [6, 6.07) is 8.45. The van der Waals surface area contributed by atoms with Gasteiger partial charge in [-0.1, -0.05) is 37.6 Å². The lowest BCUT2D eigenvalue weighted by Gasteiger charge is -2.24. The number of hydrogen-bond acceptors (Lipinski definition) is 3. The number of hydrogen-bond donors (Lipinski definition) is 2. The summed E-state index contributed by atoms with van der Waals surface area (Å²) < 4.78 is 0. The van der Waals surface area contributed by atoms with Gasteiger partial charge >= 0.3 is 0 Å². The summed E-state index contributed by atoms with van der Waals surface area (Å²) in [5.41, 5.74) is 1.29. The van der Waals surface area contributed by atoms with E-state index in [1.54, 1.807) is 0 Å². The lowest BCUT2D eigenvalue weighted by Crippen LogP contribution is -2.30. The predicted octanol–water partition coefficient (Wildman–Crippen LogP) is 3.09. The van der Waals surface area contributed by atoms with Crippen molar-refractivity contribution < 1.29 is 5.11 Å². The van der Waals surface area contributed by atoms with Crippen molar-refractivity contribution in [3.63, 3.8) is 0 Å². The molecule has 0 heterocycles.